The van der Waals surface area contributed by atoms with Gasteiger partial charge in [-0.25, -0.2) is 0 Å². The highest BCUT2D eigenvalue weighted by Crippen LogP contribution is 2.13. The zero-order chi connectivity index (χ0) is 38.7. The summed E-state index contributed by atoms with van der Waals surface area (Å²) in [6, 6.07) is 0. The largest absolute Gasteiger partial charge is 0.462 e. The van der Waals surface area contributed by atoms with Crippen LogP contribution in [0.5, 0.6) is 0 Å². The minimum Gasteiger partial charge on any atom is -0.462 e. The Hall–Kier alpha value is -2.89. The molecule has 0 aromatic rings. The maximum Gasteiger partial charge on any atom is 0.306 e. The van der Waals surface area contributed by atoms with E-state index in [4.69, 9.17) is 14.2 Å². The second-order valence-corrected chi connectivity index (χ2v) is 14.3. The van der Waals surface area contributed by atoms with Crippen LogP contribution >= 0.6 is 0 Å². The third-order valence-corrected chi connectivity index (χ3v) is 9.03. The molecule has 0 bridgehead atoms. The molecule has 6 nitrogen and oxygen atoms in total. The molecule has 0 spiro atoms. The first-order chi connectivity index (χ1) is 26.0. The lowest BCUT2D eigenvalue weighted by Crippen LogP contribution is -2.30. The van der Waals surface area contributed by atoms with Crippen molar-refractivity contribution in [2.24, 2.45) is 0 Å². The molecule has 0 aliphatic carbocycles. The molecule has 1 unspecified atom stereocenters. The maximum absolute atomic E-state index is 12.7. The Balaban J connectivity index is 4.45. The van der Waals surface area contributed by atoms with E-state index in [0.717, 1.165) is 103 Å². The second kappa shape index (κ2) is 41.9. The van der Waals surface area contributed by atoms with Gasteiger partial charge in [-0.2, -0.15) is 0 Å². The lowest BCUT2D eigenvalue weighted by Gasteiger charge is -2.18. The summed E-state index contributed by atoms with van der Waals surface area (Å²) < 4.78 is 16.6. The number of allylic oxidation sites excluding steroid dienone is 10. The summed E-state index contributed by atoms with van der Waals surface area (Å²) in [6.45, 7) is 6.39. The first-order valence-corrected chi connectivity index (χ1v) is 21.8. The molecule has 0 aliphatic rings. The fraction of sp³-hybridized carbons (Fsp3) is 0.723. The number of rotatable bonds is 38. The SMILES string of the molecule is CC/C=C\C/C=C\C/C=C\CCCCCCC(=O)OCC(COC(=O)CCCCCCCCCCCC)OC(=O)CCCCC/C=C\C=C/CCCC. The summed E-state index contributed by atoms with van der Waals surface area (Å²) in [5.74, 6) is -0.951. The lowest BCUT2D eigenvalue weighted by molar-refractivity contribution is -0.167. The van der Waals surface area contributed by atoms with E-state index in [0.29, 0.717) is 19.3 Å². The lowest BCUT2D eigenvalue weighted by atomic mass is 10.1. The molecule has 0 rings (SSSR count). The standard InChI is InChI=1S/C47H80O6/c1-4-7-10-13-16-19-22-23-24-26-28-31-34-37-40-46(49)52-43-44(42-51-45(48)39-36-33-30-27-21-18-15-12-9-6-3)53-47(50)41-38-35-32-29-25-20-17-14-11-8-5-2/h7,10,14,16-17,19-20,23-25,44H,4-6,8-9,11-13,15,18,21-22,26-43H2,1-3H3/b10-7-,17-14-,19-16-,24-23-,25-20-. The quantitative estimate of drug-likeness (QED) is 0.0206. The molecular weight excluding hydrogens is 661 g/mol. The van der Waals surface area contributed by atoms with Gasteiger partial charge in [0.05, 0.1) is 0 Å². The van der Waals surface area contributed by atoms with Crippen LogP contribution in [0.3, 0.4) is 0 Å². The number of carbonyl (C=O) groups excluding carboxylic acids is 3. The van der Waals surface area contributed by atoms with Crippen molar-refractivity contribution in [3.05, 3.63) is 60.8 Å². The molecule has 53 heavy (non-hydrogen) atoms. The molecule has 0 aromatic carbocycles. The predicted octanol–water partition coefficient (Wildman–Crippen LogP) is 13.7. The number of ether oxygens (including phenoxy) is 3. The summed E-state index contributed by atoms with van der Waals surface area (Å²) in [6.07, 6.45) is 49.2. The van der Waals surface area contributed by atoms with Crippen LogP contribution in [0.1, 0.15) is 201 Å². The summed E-state index contributed by atoms with van der Waals surface area (Å²) >= 11 is 0. The minimum atomic E-state index is -0.792. The molecule has 0 amide bonds. The van der Waals surface area contributed by atoms with Crippen molar-refractivity contribution in [3.8, 4) is 0 Å². The molecule has 0 aliphatic heterocycles. The first kappa shape index (κ1) is 50.1. The van der Waals surface area contributed by atoms with Gasteiger partial charge in [0.25, 0.3) is 0 Å². The molecular formula is C47H80O6. The van der Waals surface area contributed by atoms with Crippen LogP contribution in [0.15, 0.2) is 60.8 Å². The monoisotopic (exact) mass is 741 g/mol. The predicted molar refractivity (Wildman–Crippen MR) is 224 cm³/mol. The van der Waals surface area contributed by atoms with Gasteiger partial charge in [-0.15, -0.1) is 0 Å². The Labute approximate surface area is 326 Å². The van der Waals surface area contributed by atoms with E-state index >= 15 is 0 Å². The Bertz CT molecular complexity index is 991. The third-order valence-electron chi connectivity index (χ3n) is 9.03. The highest BCUT2D eigenvalue weighted by Gasteiger charge is 2.19. The van der Waals surface area contributed by atoms with Gasteiger partial charge >= 0.3 is 17.9 Å². The van der Waals surface area contributed by atoms with E-state index in [-0.39, 0.29) is 31.1 Å². The van der Waals surface area contributed by atoms with E-state index in [1.165, 1.54) is 57.8 Å². The number of carbonyl (C=O) groups is 3. The van der Waals surface area contributed by atoms with Crippen LogP contribution in [0.25, 0.3) is 0 Å². The van der Waals surface area contributed by atoms with Gasteiger partial charge in [-0.3, -0.25) is 14.4 Å². The highest BCUT2D eigenvalue weighted by atomic mass is 16.6. The normalized spacial score (nSPS) is 12.6. The van der Waals surface area contributed by atoms with Crippen LogP contribution in [0.2, 0.25) is 0 Å². The van der Waals surface area contributed by atoms with Crippen LogP contribution < -0.4 is 0 Å². The molecule has 0 saturated carbocycles. The Morgan fingerprint density at radius 2 is 0.811 bits per heavy atom. The van der Waals surface area contributed by atoms with Crippen molar-refractivity contribution in [2.45, 2.75) is 207 Å². The smallest absolute Gasteiger partial charge is 0.306 e. The third kappa shape index (κ3) is 40.1. The number of unbranched alkanes of at least 4 members (excludes halogenated alkanes) is 18. The van der Waals surface area contributed by atoms with Crippen molar-refractivity contribution >= 4 is 17.9 Å². The van der Waals surface area contributed by atoms with Gasteiger partial charge in [-0.1, -0.05) is 171 Å². The summed E-state index contributed by atoms with van der Waals surface area (Å²) in [4.78, 5) is 37.6. The molecule has 6 heteroatoms. The zero-order valence-electron chi connectivity index (χ0n) is 34.5. The molecule has 0 N–H and O–H groups in total. The number of hydrogen-bond acceptors (Lipinski definition) is 6. The number of esters is 3. The van der Waals surface area contributed by atoms with E-state index < -0.39 is 6.10 Å². The zero-order valence-corrected chi connectivity index (χ0v) is 34.5. The van der Waals surface area contributed by atoms with E-state index in [1.807, 2.05) is 0 Å². The van der Waals surface area contributed by atoms with Crippen molar-refractivity contribution in [1.29, 1.82) is 0 Å². The average molecular weight is 741 g/mol. The molecule has 0 saturated heterocycles. The van der Waals surface area contributed by atoms with Crippen molar-refractivity contribution in [2.75, 3.05) is 13.2 Å². The Morgan fingerprint density at radius 1 is 0.415 bits per heavy atom. The van der Waals surface area contributed by atoms with Gasteiger partial charge < -0.3 is 14.2 Å². The van der Waals surface area contributed by atoms with Crippen molar-refractivity contribution in [3.63, 3.8) is 0 Å². The van der Waals surface area contributed by atoms with Crippen LogP contribution in [0.4, 0.5) is 0 Å². The van der Waals surface area contributed by atoms with Gasteiger partial charge in [-0.05, 0) is 70.6 Å². The molecule has 0 radical (unpaired) electrons. The minimum absolute atomic E-state index is 0.0919. The van der Waals surface area contributed by atoms with Crippen LogP contribution in [-0.4, -0.2) is 37.2 Å². The number of hydrogen-bond donors (Lipinski definition) is 0. The van der Waals surface area contributed by atoms with Gasteiger partial charge in [0.15, 0.2) is 6.10 Å². The fourth-order valence-electron chi connectivity index (χ4n) is 5.73. The second-order valence-electron chi connectivity index (χ2n) is 14.3. The van der Waals surface area contributed by atoms with Gasteiger partial charge in [0.1, 0.15) is 13.2 Å². The Kier molecular flexibility index (Phi) is 39.6. The van der Waals surface area contributed by atoms with Crippen molar-refractivity contribution < 1.29 is 28.6 Å². The van der Waals surface area contributed by atoms with E-state index in [1.54, 1.807) is 0 Å². The van der Waals surface area contributed by atoms with Crippen molar-refractivity contribution in [1.82, 2.24) is 0 Å². The molecule has 304 valence electrons. The topological polar surface area (TPSA) is 78.9 Å². The maximum atomic E-state index is 12.7. The molecule has 0 heterocycles. The summed E-state index contributed by atoms with van der Waals surface area (Å²) in [5.41, 5.74) is 0. The van der Waals surface area contributed by atoms with Crippen LogP contribution in [0, 0.1) is 0 Å². The van der Waals surface area contributed by atoms with Gasteiger partial charge in [0.2, 0.25) is 0 Å². The average Bonchev–Trinajstić information content (AvgIpc) is 3.15. The highest BCUT2D eigenvalue weighted by molar-refractivity contribution is 5.71. The molecule has 0 fully saturated rings. The van der Waals surface area contributed by atoms with E-state index in [9.17, 15) is 14.4 Å². The summed E-state index contributed by atoms with van der Waals surface area (Å²) in [7, 11) is 0. The summed E-state index contributed by atoms with van der Waals surface area (Å²) in [5, 5.41) is 0. The Morgan fingerprint density at radius 3 is 1.34 bits per heavy atom. The van der Waals surface area contributed by atoms with Gasteiger partial charge in [0, 0.05) is 19.3 Å². The first-order valence-electron chi connectivity index (χ1n) is 21.8. The van der Waals surface area contributed by atoms with E-state index in [2.05, 4.69) is 81.5 Å². The fourth-order valence-corrected chi connectivity index (χ4v) is 5.73. The molecule has 1 atom stereocenters. The van der Waals surface area contributed by atoms with Crippen LogP contribution in [-0.2, 0) is 28.6 Å². The molecule has 0 aromatic heterocycles.